The van der Waals surface area contributed by atoms with E-state index < -0.39 is 4.92 Å². The number of aromatic nitrogens is 2. The number of hydrogen-bond acceptors (Lipinski definition) is 6. The van der Waals surface area contributed by atoms with Crippen molar-refractivity contribution < 1.29 is 9.72 Å². The lowest BCUT2D eigenvalue weighted by atomic mass is 10.2. The predicted octanol–water partition coefficient (Wildman–Crippen LogP) is 3.98. The smallest absolute Gasteiger partial charge is 0.358 e. The van der Waals surface area contributed by atoms with E-state index in [9.17, 15) is 14.9 Å². The van der Waals surface area contributed by atoms with Crippen LogP contribution in [0.5, 0.6) is 0 Å². The number of aryl methyl sites for hydroxylation is 1. The topological polar surface area (TPSA) is 84.5 Å². The quantitative estimate of drug-likeness (QED) is 0.341. The summed E-state index contributed by atoms with van der Waals surface area (Å²) in [6.07, 6.45) is 0.602. The number of rotatable bonds is 9. The molecule has 0 saturated carbocycles. The van der Waals surface area contributed by atoms with E-state index in [2.05, 4.69) is 17.1 Å². The van der Waals surface area contributed by atoms with Gasteiger partial charge in [-0.2, -0.15) is 0 Å². The van der Waals surface area contributed by atoms with Crippen LogP contribution in [0.15, 0.2) is 60.7 Å². The molecular formula is C25H29N5O3S. The molecule has 1 aliphatic rings. The molecule has 0 unspecified atom stereocenters. The molecular weight excluding hydrogens is 450 g/mol. The maximum Gasteiger partial charge on any atom is 0.406 e. The molecule has 1 fully saturated rings. The first-order chi connectivity index (χ1) is 16.6. The normalized spacial score (nSPS) is 13.8. The number of thioether (sulfide) groups is 1. The van der Waals surface area contributed by atoms with Gasteiger partial charge in [0.2, 0.25) is 17.5 Å². The highest BCUT2D eigenvalue weighted by Gasteiger charge is 2.33. The van der Waals surface area contributed by atoms with E-state index in [0.717, 1.165) is 11.3 Å². The van der Waals surface area contributed by atoms with Crippen LogP contribution in [0.1, 0.15) is 23.9 Å². The van der Waals surface area contributed by atoms with Gasteiger partial charge in [0.25, 0.3) is 0 Å². The first-order valence-corrected chi connectivity index (χ1v) is 12.6. The highest BCUT2D eigenvalue weighted by atomic mass is 32.2. The Morgan fingerprint density at radius 2 is 1.62 bits per heavy atom. The number of carbonyl (C=O) groups is 1. The molecule has 1 aliphatic heterocycles. The third-order valence-electron chi connectivity index (χ3n) is 5.94. The van der Waals surface area contributed by atoms with Crippen molar-refractivity contribution in [3.05, 3.63) is 87.7 Å². The molecule has 9 heteroatoms. The number of anilines is 1. The first kappa shape index (κ1) is 23.8. The Labute approximate surface area is 203 Å². The lowest BCUT2D eigenvalue weighted by Gasteiger charge is -2.35. The van der Waals surface area contributed by atoms with Crippen molar-refractivity contribution in [1.29, 1.82) is 0 Å². The number of nitro groups is 1. The van der Waals surface area contributed by atoms with Gasteiger partial charge in [-0.3, -0.25) is 9.36 Å². The number of piperazine rings is 1. The molecule has 0 N–H and O–H groups in total. The number of carbonyl (C=O) groups excluding carboxylic acids is 1. The molecule has 3 aromatic rings. The number of hydrogen-bond donors (Lipinski definition) is 0. The molecule has 2 aromatic carbocycles. The highest BCUT2D eigenvalue weighted by molar-refractivity contribution is 7.99. The molecule has 178 valence electrons. The van der Waals surface area contributed by atoms with Crippen LogP contribution in [0.4, 0.5) is 11.6 Å². The zero-order valence-corrected chi connectivity index (χ0v) is 20.1. The van der Waals surface area contributed by atoms with Crippen LogP contribution in [-0.2, 0) is 23.5 Å². The molecule has 0 aliphatic carbocycles. The predicted molar refractivity (Wildman–Crippen MR) is 135 cm³/mol. The Morgan fingerprint density at radius 1 is 1.00 bits per heavy atom. The SMILES string of the molecule is CCc1nc([N+](=O)[O-])c(N2CCN(C(=O)CSCc3ccccc3)CC2)n1Cc1ccccc1. The molecule has 8 nitrogen and oxygen atoms in total. The maximum atomic E-state index is 12.7. The maximum absolute atomic E-state index is 12.7. The summed E-state index contributed by atoms with van der Waals surface area (Å²) in [6.45, 7) is 4.65. The molecule has 0 radical (unpaired) electrons. The van der Waals surface area contributed by atoms with E-state index in [1.807, 2.05) is 69.8 Å². The van der Waals surface area contributed by atoms with Gasteiger partial charge in [-0.15, -0.1) is 11.8 Å². The summed E-state index contributed by atoms with van der Waals surface area (Å²) in [7, 11) is 0. The van der Waals surface area contributed by atoms with Gasteiger partial charge in [0, 0.05) is 38.4 Å². The van der Waals surface area contributed by atoms with Crippen LogP contribution in [0.25, 0.3) is 0 Å². The van der Waals surface area contributed by atoms with Crippen molar-refractivity contribution >= 4 is 29.3 Å². The molecule has 4 rings (SSSR count). The van der Waals surface area contributed by atoms with Crippen molar-refractivity contribution in [1.82, 2.24) is 14.5 Å². The fourth-order valence-electron chi connectivity index (χ4n) is 4.20. The van der Waals surface area contributed by atoms with Crippen molar-refractivity contribution in [2.45, 2.75) is 25.6 Å². The molecule has 34 heavy (non-hydrogen) atoms. The third kappa shape index (κ3) is 5.59. The third-order valence-corrected chi connectivity index (χ3v) is 6.93. The molecule has 1 aromatic heterocycles. The summed E-state index contributed by atoms with van der Waals surface area (Å²) in [5, 5.41) is 11.8. The Kier molecular flexibility index (Phi) is 7.84. The van der Waals surface area contributed by atoms with Gasteiger partial charge in [-0.05, 0) is 21.0 Å². The second-order valence-electron chi connectivity index (χ2n) is 8.20. The largest absolute Gasteiger partial charge is 0.406 e. The second-order valence-corrected chi connectivity index (χ2v) is 9.19. The summed E-state index contributed by atoms with van der Waals surface area (Å²) in [5.41, 5.74) is 2.27. The monoisotopic (exact) mass is 479 g/mol. The molecule has 0 spiro atoms. The minimum atomic E-state index is -0.395. The average molecular weight is 480 g/mol. The van der Waals surface area contributed by atoms with Crippen molar-refractivity contribution in [2.24, 2.45) is 0 Å². The lowest BCUT2D eigenvalue weighted by molar-refractivity contribution is -0.388. The van der Waals surface area contributed by atoms with Crippen molar-refractivity contribution in [3.63, 3.8) is 0 Å². The number of nitrogens with zero attached hydrogens (tertiary/aromatic N) is 5. The zero-order valence-electron chi connectivity index (χ0n) is 19.3. The van der Waals surface area contributed by atoms with Crippen LogP contribution in [0.3, 0.4) is 0 Å². The van der Waals surface area contributed by atoms with Gasteiger partial charge in [-0.25, -0.2) is 0 Å². The minimum absolute atomic E-state index is 0.106. The van der Waals surface area contributed by atoms with Crippen LogP contribution < -0.4 is 4.90 Å². The second kappa shape index (κ2) is 11.2. The van der Waals surface area contributed by atoms with E-state index in [1.165, 1.54) is 5.56 Å². The molecule has 0 atom stereocenters. The number of amides is 1. The van der Waals surface area contributed by atoms with E-state index >= 15 is 0 Å². The Balaban J connectivity index is 1.43. The van der Waals surface area contributed by atoms with Gasteiger partial charge >= 0.3 is 5.82 Å². The summed E-state index contributed by atoms with van der Waals surface area (Å²) in [4.78, 5) is 32.4. The summed E-state index contributed by atoms with van der Waals surface area (Å²) in [5.74, 6) is 2.48. The molecule has 1 saturated heterocycles. The number of benzene rings is 2. The Bertz CT molecular complexity index is 1110. The summed E-state index contributed by atoms with van der Waals surface area (Å²) in [6, 6.07) is 20.0. The first-order valence-electron chi connectivity index (χ1n) is 11.5. The van der Waals surface area contributed by atoms with Gasteiger partial charge < -0.3 is 19.9 Å². The molecule has 0 bridgehead atoms. The molecule has 1 amide bonds. The van der Waals surface area contributed by atoms with Crippen LogP contribution >= 0.6 is 11.8 Å². The summed E-state index contributed by atoms with van der Waals surface area (Å²) < 4.78 is 1.96. The highest BCUT2D eigenvalue weighted by Crippen LogP contribution is 2.31. The van der Waals surface area contributed by atoms with Gasteiger partial charge in [0.05, 0.1) is 12.3 Å². The van der Waals surface area contributed by atoms with Gasteiger partial charge in [0.1, 0.15) is 0 Å². The zero-order chi connectivity index (χ0) is 23.9. The van der Waals surface area contributed by atoms with Crippen molar-refractivity contribution in [2.75, 3.05) is 36.8 Å². The Morgan fingerprint density at radius 3 is 2.21 bits per heavy atom. The van der Waals surface area contributed by atoms with Gasteiger partial charge in [0.15, 0.2) is 0 Å². The van der Waals surface area contributed by atoms with E-state index in [-0.39, 0.29) is 11.7 Å². The molecule has 2 heterocycles. The van der Waals surface area contributed by atoms with E-state index in [1.54, 1.807) is 11.8 Å². The van der Waals surface area contributed by atoms with Crippen molar-refractivity contribution in [3.8, 4) is 0 Å². The summed E-state index contributed by atoms with van der Waals surface area (Å²) >= 11 is 1.61. The average Bonchev–Trinajstić information content (AvgIpc) is 3.24. The van der Waals surface area contributed by atoms with Crippen LogP contribution in [0, 0.1) is 10.1 Å². The van der Waals surface area contributed by atoms with Crippen LogP contribution in [0.2, 0.25) is 0 Å². The fourth-order valence-corrected chi connectivity index (χ4v) is 5.09. The van der Waals surface area contributed by atoms with E-state index in [0.29, 0.717) is 56.5 Å². The fraction of sp³-hybridized carbons (Fsp3) is 0.360. The standard InChI is InChI=1S/C25H29N5O3S/c1-2-22-26-24(30(32)33)25(29(22)17-20-9-5-3-6-10-20)28-15-13-27(14-16-28)23(31)19-34-18-21-11-7-4-8-12-21/h3-12H,2,13-19H2,1H3. The number of imidazole rings is 1. The van der Waals surface area contributed by atoms with E-state index in [4.69, 9.17) is 0 Å². The minimum Gasteiger partial charge on any atom is -0.358 e. The van der Waals surface area contributed by atoms with Gasteiger partial charge in [-0.1, -0.05) is 67.6 Å². The van der Waals surface area contributed by atoms with Crippen LogP contribution in [-0.4, -0.2) is 57.2 Å². The lowest BCUT2D eigenvalue weighted by Crippen LogP contribution is -2.50. The Hall–Kier alpha value is -3.33.